The molecule has 4 rings (SSSR count). The molecule has 0 N–H and O–H groups in total. The van der Waals surface area contributed by atoms with Gasteiger partial charge < -0.3 is 4.57 Å². The molecule has 0 unspecified atom stereocenters. The fourth-order valence-corrected chi connectivity index (χ4v) is 4.00. The van der Waals surface area contributed by atoms with Gasteiger partial charge in [0.1, 0.15) is 11.2 Å². The van der Waals surface area contributed by atoms with Crippen LogP contribution in [0.25, 0.3) is 28.5 Å². The molecule has 0 aliphatic heterocycles. The van der Waals surface area contributed by atoms with Crippen LogP contribution in [0.4, 0.5) is 0 Å². The molecule has 0 radical (unpaired) electrons. The number of fused-ring (bicyclic) bond motifs is 1. The van der Waals surface area contributed by atoms with Crippen molar-refractivity contribution >= 4 is 32.6 Å². The largest absolute Gasteiger partial charge is 0.309 e. The highest BCUT2D eigenvalue weighted by molar-refractivity contribution is 7.91. The number of imidazole rings is 1. The average molecular weight is 418 g/mol. The van der Waals surface area contributed by atoms with E-state index in [2.05, 4.69) is 25.3 Å². The molecule has 4 heterocycles. The Morgan fingerprint density at radius 2 is 1.96 bits per heavy atom. The summed E-state index contributed by atoms with van der Waals surface area (Å²) in [5.41, 5.74) is 2.09. The number of sulfone groups is 1. The van der Waals surface area contributed by atoms with Crippen molar-refractivity contribution in [1.82, 2.24) is 34.5 Å². The van der Waals surface area contributed by atoms with Crippen LogP contribution in [0.1, 0.15) is 12.6 Å². The van der Waals surface area contributed by atoms with E-state index in [4.69, 9.17) is 11.6 Å². The summed E-state index contributed by atoms with van der Waals surface area (Å²) < 4.78 is 28.5. The molecular weight excluding hydrogens is 402 g/mol. The lowest BCUT2D eigenvalue weighted by molar-refractivity contribution is 0.597. The number of rotatable bonds is 4. The fraction of sp³-hybridized carbons (Fsp3) is 0.235. The minimum atomic E-state index is -3.54. The van der Waals surface area contributed by atoms with Crippen molar-refractivity contribution in [2.24, 2.45) is 7.05 Å². The van der Waals surface area contributed by atoms with Crippen LogP contribution < -0.4 is 0 Å². The van der Waals surface area contributed by atoms with Gasteiger partial charge in [0.15, 0.2) is 27.1 Å². The second-order valence-electron chi connectivity index (χ2n) is 6.21. The van der Waals surface area contributed by atoms with Crippen LogP contribution in [0, 0.1) is 6.92 Å². The molecule has 0 amide bonds. The van der Waals surface area contributed by atoms with Crippen LogP contribution in [0.2, 0.25) is 5.02 Å². The van der Waals surface area contributed by atoms with E-state index in [-0.39, 0.29) is 16.3 Å². The van der Waals surface area contributed by atoms with Gasteiger partial charge in [-0.3, -0.25) is 0 Å². The molecule has 0 atom stereocenters. The summed E-state index contributed by atoms with van der Waals surface area (Å²) in [6, 6.07) is 4.89. The summed E-state index contributed by atoms with van der Waals surface area (Å²) >= 11 is 5.95. The van der Waals surface area contributed by atoms with Crippen molar-refractivity contribution < 1.29 is 8.42 Å². The molecule has 4 aromatic rings. The van der Waals surface area contributed by atoms with Crippen molar-refractivity contribution in [1.29, 1.82) is 0 Å². The lowest BCUT2D eigenvalue weighted by atomic mass is 10.3. The van der Waals surface area contributed by atoms with Crippen LogP contribution in [-0.2, 0) is 16.9 Å². The number of aromatic nitrogens is 7. The van der Waals surface area contributed by atoms with Gasteiger partial charge in [-0.15, -0.1) is 5.10 Å². The summed E-state index contributed by atoms with van der Waals surface area (Å²) in [5.74, 6) is 0.741. The zero-order valence-electron chi connectivity index (χ0n) is 15.3. The van der Waals surface area contributed by atoms with Gasteiger partial charge in [0.25, 0.3) is 0 Å². The Bertz CT molecular complexity index is 1310. The molecule has 11 heteroatoms. The third-order valence-corrected chi connectivity index (χ3v) is 6.25. The summed E-state index contributed by atoms with van der Waals surface area (Å²) in [6.45, 7) is 3.40. The molecule has 0 aliphatic rings. The highest BCUT2D eigenvalue weighted by atomic mass is 35.5. The molecule has 28 heavy (non-hydrogen) atoms. The van der Waals surface area contributed by atoms with Crippen molar-refractivity contribution in [3.63, 3.8) is 0 Å². The van der Waals surface area contributed by atoms with Gasteiger partial charge in [-0.2, -0.15) is 10.2 Å². The first-order valence-electron chi connectivity index (χ1n) is 8.41. The maximum atomic E-state index is 12.7. The SMILES string of the molecule is CCS(=O)(=O)c1ccc(-n2cc(Cl)cn2)nc1-c1nc2cc(C)nnc2n1C. The Morgan fingerprint density at radius 3 is 2.64 bits per heavy atom. The Morgan fingerprint density at radius 1 is 1.18 bits per heavy atom. The first kappa shape index (κ1) is 18.5. The number of hydrogen-bond acceptors (Lipinski definition) is 7. The predicted octanol–water partition coefficient (Wildman–Crippen LogP) is 2.37. The second kappa shape index (κ2) is 6.64. The Balaban J connectivity index is 2.01. The molecule has 0 saturated carbocycles. The van der Waals surface area contributed by atoms with Gasteiger partial charge in [0.05, 0.1) is 33.8 Å². The molecular formula is C17H16ClN7O2S. The van der Waals surface area contributed by atoms with Gasteiger partial charge >= 0.3 is 0 Å². The Labute approximate surface area is 165 Å². The molecule has 0 spiro atoms. The molecule has 0 fully saturated rings. The van der Waals surface area contributed by atoms with Crippen molar-refractivity contribution in [3.8, 4) is 17.3 Å². The molecule has 0 aliphatic carbocycles. The van der Waals surface area contributed by atoms with E-state index in [1.807, 2.05) is 6.92 Å². The molecule has 144 valence electrons. The van der Waals surface area contributed by atoms with Gasteiger partial charge in [-0.1, -0.05) is 18.5 Å². The number of pyridine rings is 1. The van der Waals surface area contributed by atoms with E-state index < -0.39 is 9.84 Å². The van der Waals surface area contributed by atoms with E-state index in [0.29, 0.717) is 33.5 Å². The van der Waals surface area contributed by atoms with E-state index in [1.165, 1.54) is 16.9 Å². The van der Waals surface area contributed by atoms with Gasteiger partial charge in [-0.25, -0.2) is 23.1 Å². The molecule has 4 aromatic heterocycles. The van der Waals surface area contributed by atoms with E-state index >= 15 is 0 Å². The van der Waals surface area contributed by atoms with Crippen LogP contribution in [0.15, 0.2) is 35.5 Å². The molecule has 9 nitrogen and oxygen atoms in total. The van der Waals surface area contributed by atoms with Crippen molar-refractivity contribution in [2.45, 2.75) is 18.7 Å². The fourth-order valence-electron chi connectivity index (χ4n) is 2.85. The average Bonchev–Trinajstić information content (AvgIpc) is 3.24. The number of halogens is 1. The number of nitrogens with zero attached hydrogens (tertiary/aromatic N) is 7. The third-order valence-electron chi connectivity index (χ3n) is 4.30. The van der Waals surface area contributed by atoms with Crippen LogP contribution in [-0.4, -0.2) is 48.7 Å². The molecule has 0 bridgehead atoms. The standard InChI is InChI=1S/C17H16ClN7O2S/c1-4-28(26,27)13-5-6-14(25-9-11(18)8-19-25)21-15(13)17-20-12-7-10(2)22-23-16(12)24(17)3/h5-9H,4H2,1-3H3. The van der Waals surface area contributed by atoms with Crippen molar-refractivity contribution in [3.05, 3.63) is 41.3 Å². The second-order valence-corrected chi connectivity index (χ2v) is 8.89. The molecule has 0 aromatic carbocycles. The molecule has 0 saturated heterocycles. The zero-order valence-corrected chi connectivity index (χ0v) is 16.9. The topological polar surface area (TPSA) is 108 Å². The smallest absolute Gasteiger partial charge is 0.182 e. The maximum Gasteiger partial charge on any atom is 0.182 e. The third kappa shape index (κ3) is 3.04. The van der Waals surface area contributed by atoms with Crippen LogP contribution in [0.5, 0.6) is 0 Å². The highest BCUT2D eigenvalue weighted by Gasteiger charge is 2.24. The van der Waals surface area contributed by atoms with Gasteiger partial charge in [-0.05, 0) is 25.1 Å². The lowest BCUT2D eigenvalue weighted by Crippen LogP contribution is -2.10. The summed E-state index contributed by atoms with van der Waals surface area (Å²) in [4.78, 5) is 9.22. The Hall–Kier alpha value is -2.85. The Kier molecular flexibility index (Phi) is 4.39. The number of aryl methyl sites for hydroxylation is 2. The number of hydrogen-bond donors (Lipinski definition) is 0. The van der Waals surface area contributed by atoms with E-state index in [9.17, 15) is 8.42 Å². The summed E-state index contributed by atoms with van der Waals surface area (Å²) in [7, 11) is -1.79. The quantitative estimate of drug-likeness (QED) is 0.501. The van der Waals surface area contributed by atoms with Crippen LogP contribution >= 0.6 is 11.6 Å². The zero-order chi connectivity index (χ0) is 20.1. The lowest BCUT2D eigenvalue weighted by Gasteiger charge is -2.11. The predicted molar refractivity (Wildman–Crippen MR) is 104 cm³/mol. The normalized spacial score (nSPS) is 12.0. The van der Waals surface area contributed by atoms with E-state index in [0.717, 1.165) is 0 Å². The van der Waals surface area contributed by atoms with Gasteiger partial charge in [0, 0.05) is 7.05 Å². The monoisotopic (exact) mass is 417 g/mol. The summed E-state index contributed by atoms with van der Waals surface area (Å²) in [5, 5.41) is 12.8. The van der Waals surface area contributed by atoms with Gasteiger partial charge in [0.2, 0.25) is 0 Å². The highest BCUT2D eigenvalue weighted by Crippen LogP contribution is 2.29. The first-order chi connectivity index (χ1) is 13.3. The van der Waals surface area contributed by atoms with Crippen LogP contribution in [0.3, 0.4) is 0 Å². The maximum absolute atomic E-state index is 12.7. The van der Waals surface area contributed by atoms with E-state index in [1.54, 1.807) is 36.9 Å². The first-order valence-corrected chi connectivity index (χ1v) is 10.4. The van der Waals surface area contributed by atoms with Crippen molar-refractivity contribution in [2.75, 3.05) is 5.75 Å². The summed E-state index contributed by atoms with van der Waals surface area (Å²) in [6.07, 6.45) is 3.07. The minimum Gasteiger partial charge on any atom is -0.309 e. The minimum absolute atomic E-state index is 0.0581.